The van der Waals surface area contributed by atoms with Crippen LogP contribution >= 0.6 is 0 Å². The van der Waals surface area contributed by atoms with E-state index in [0.717, 1.165) is 22.2 Å². The van der Waals surface area contributed by atoms with E-state index in [0.29, 0.717) is 28.4 Å². The van der Waals surface area contributed by atoms with Gasteiger partial charge < -0.3 is 23.5 Å². The maximum Gasteiger partial charge on any atom is 0.258 e. The van der Waals surface area contributed by atoms with Crippen molar-refractivity contribution in [2.75, 3.05) is 21.0 Å². The minimum atomic E-state index is -0.129. The molecule has 1 aliphatic heterocycles. The molecule has 2 heterocycles. The predicted octanol–water partition coefficient (Wildman–Crippen LogP) is 3.59. The topological polar surface area (TPSA) is 58.9 Å². The maximum atomic E-state index is 13.0. The monoisotopic (exact) mass is 365 g/mol. The fourth-order valence-electron chi connectivity index (χ4n) is 3.34. The second-order valence-corrected chi connectivity index (χ2v) is 6.19. The van der Waals surface area contributed by atoms with Crippen LogP contribution in [0.25, 0.3) is 28.1 Å². The molecule has 0 saturated carbocycles. The molecule has 6 nitrogen and oxygen atoms in total. The van der Waals surface area contributed by atoms with E-state index in [4.69, 9.17) is 18.9 Å². The van der Waals surface area contributed by atoms with Crippen LogP contribution in [-0.4, -0.2) is 25.6 Å². The van der Waals surface area contributed by atoms with Crippen molar-refractivity contribution >= 4 is 16.8 Å². The van der Waals surface area contributed by atoms with Gasteiger partial charge in [-0.3, -0.25) is 4.79 Å². The number of benzene rings is 2. The van der Waals surface area contributed by atoms with Gasteiger partial charge in [0.1, 0.15) is 0 Å². The van der Waals surface area contributed by atoms with Gasteiger partial charge in [-0.15, -0.1) is 0 Å². The Morgan fingerprint density at radius 2 is 1.70 bits per heavy atom. The zero-order valence-electron chi connectivity index (χ0n) is 15.4. The fraction of sp³-hybridized carbons (Fsp3) is 0.190. The van der Waals surface area contributed by atoms with Crippen LogP contribution in [0.5, 0.6) is 23.0 Å². The molecule has 0 unspecified atom stereocenters. The molecule has 138 valence electrons. The molecule has 2 aromatic carbocycles. The SMILES string of the molecule is C=Cc1cc2c(cc1-c1cc3cc(OC)c(OC)cc3c(=O)n1C)OCO2. The molecule has 3 aromatic rings. The van der Waals surface area contributed by atoms with Crippen LogP contribution in [0.1, 0.15) is 5.56 Å². The highest BCUT2D eigenvalue weighted by atomic mass is 16.7. The van der Waals surface area contributed by atoms with Crippen molar-refractivity contribution in [1.82, 2.24) is 4.57 Å². The van der Waals surface area contributed by atoms with Crippen LogP contribution in [0.2, 0.25) is 0 Å². The molecule has 0 bridgehead atoms. The van der Waals surface area contributed by atoms with Gasteiger partial charge in [-0.05, 0) is 41.3 Å². The van der Waals surface area contributed by atoms with Crippen molar-refractivity contribution in [2.45, 2.75) is 0 Å². The second kappa shape index (κ2) is 6.39. The first-order valence-electron chi connectivity index (χ1n) is 8.39. The Morgan fingerprint density at radius 1 is 1.04 bits per heavy atom. The quantitative estimate of drug-likeness (QED) is 0.707. The molecular weight excluding hydrogens is 346 g/mol. The summed E-state index contributed by atoms with van der Waals surface area (Å²) in [5.74, 6) is 2.41. The minimum absolute atomic E-state index is 0.129. The second-order valence-electron chi connectivity index (χ2n) is 6.19. The molecule has 0 amide bonds. The summed E-state index contributed by atoms with van der Waals surface area (Å²) in [6.45, 7) is 4.07. The Hall–Kier alpha value is -3.41. The Labute approximate surface area is 156 Å². The summed E-state index contributed by atoms with van der Waals surface area (Å²) in [6, 6.07) is 9.20. The average molecular weight is 365 g/mol. The number of pyridine rings is 1. The lowest BCUT2D eigenvalue weighted by atomic mass is 10.00. The predicted molar refractivity (Wildman–Crippen MR) is 104 cm³/mol. The fourth-order valence-corrected chi connectivity index (χ4v) is 3.34. The summed E-state index contributed by atoms with van der Waals surface area (Å²) in [6.07, 6.45) is 1.74. The Kier molecular flexibility index (Phi) is 4.03. The van der Waals surface area contributed by atoms with E-state index in [1.54, 1.807) is 44.0 Å². The number of rotatable bonds is 4. The molecule has 0 N–H and O–H groups in total. The number of hydrogen-bond donors (Lipinski definition) is 0. The summed E-state index contributed by atoms with van der Waals surface area (Å²) in [7, 11) is 4.86. The molecule has 0 aliphatic carbocycles. The molecule has 6 heteroatoms. The third kappa shape index (κ3) is 2.61. The van der Waals surface area contributed by atoms with E-state index in [1.165, 1.54) is 0 Å². The van der Waals surface area contributed by atoms with Gasteiger partial charge >= 0.3 is 0 Å². The number of ether oxygens (including phenoxy) is 4. The van der Waals surface area contributed by atoms with Crippen LogP contribution in [0, 0.1) is 0 Å². The molecule has 0 spiro atoms. The molecular formula is C21H19NO5. The van der Waals surface area contributed by atoms with Gasteiger partial charge in [0, 0.05) is 12.6 Å². The maximum absolute atomic E-state index is 13.0. The molecule has 1 aliphatic rings. The lowest BCUT2D eigenvalue weighted by molar-refractivity contribution is 0.174. The van der Waals surface area contributed by atoms with Gasteiger partial charge in [0.2, 0.25) is 6.79 Å². The standard InChI is InChI=1S/C21H19NO5/c1-5-12-7-19-20(27-11-26-19)9-14(12)16-6-13-8-17(24-3)18(25-4)10-15(13)21(23)22(16)2/h5-10H,1,11H2,2-4H3. The number of fused-ring (bicyclic) bond motifs is 2. The van der Waals surface area contributed by atoms with E-state index >= 15 is 0 Å². The molecule has 1 aromatic heterocycles. The number of methoxy groups -OCH3 is 2. The summed E-state index contributed by atoms with van der Waals surface area (Å²) in [5.41, 5.74) is 2.31. The Bertz CT molecular complexity index is 1130. The molecule has 4 rings (SSSR count). The summed E-state index contributed by atoms with van der Waals surface area (Å²) < 4.78 is 23.3. The lowest BCUT2D eigenvalue weighted by Gasteiger charge is -2.15. The summed E-state index contributed by atoms with van der Waals surface area (Å²) >= 11 is 0. The number of nitrogens with zero attached hydrogens (tertiary/aromatic N) is 1. The average Bonchev–Trinajstić information content (AvgIpc) is 3.16. The van der Waals surface area contributed by atoms with Crippen LogP contribution in [0.3, 0.4) is 0 Å². The van der Waals surface area contributed by atoms with E-state index in [1.807, 2.05) is 18.2 Å². The summed E-state index contributed by atoms with van der Waals surface area (Å²) in [5, 5.41) is 1.32. The van der Waals surface area contributed by atoms with Crippen LogP contribution in [0.4, 0.5) is 0 Å². The largest absolute Gasteiger partial charge is 0.493 e. The van der Waals surface area contributed by atoms with Crippen LogP contribution in [-0.2, 0) is 7.05 Å². The van der Waals surface area contributed by atoms with E-state index < -0.39 is 0 Å². The van der Waals surface area contributed by atoms with Crippen molar-refractivity contribution in [3.8, 4) is 34.3 Å². The zero-order valence-corrected chi connectivity index (χ0v) is 15.4. The molecule has 0 fully saturated rings. The van der Waals surface area contributed by atoms with Crippen molar-refractivity contribution < 1.29 is 18.9 Å². The van der Waals surface area contributed by atoms with E-state index in [2.05, 4.69) is 6.58 Å². The third-order valence-corrected chi connectivity index (χ3v) is 4.78. The van der Waals surface area contributed by atoms with Gasteiger partial charge in [-0.25, -0.2) is 0 Å². The van der Waals surface area contributed by atoms with Crippen molar-refractivity contribution in [3.05, 3.63) is 52.8 Å². The van der Waals surface area contributed by atoms with E-state index in [9.17, 15) is 4.79 Å². The smallest absolute Gasteiger partial charge is 0.258 e. The first kappa shape index (κ1) is 17.0. The molecule has 0 saturated heterocycles. The van der Waals surface area contributed by atoms with Gasteiger partial charge in [-0.2, -0.15) is 0 Å². The highest BCUT2D eigenvalue weighted by Crippen LogP contribution is 2.40. The highest BCUT2D eigenvalue weighted by Gasteiger charge is 2.20. The van der Waals surface area contributed by atoms with Gasteiger partial charge in [0.25, 0.3) is 5.56 Å². The number of hydrogen-bond acceptors (Lipinski definition) is 5. The normalized spacial score (nSPS) is 12.3. The van der Waals surface area contributed by atoms with Crippen molar-refractivity contribution in [1.29, 1.82) is 0 Å². The molecule has 0 radical (unpaired) electrons. The first-order chi connectivity index (χ1) is 13.1. The van der Waals surface area contributed by atoms with Crippen molar-refractivity contribution in [2.24, 2.45) is 7.05 Å². The third-order valence-electron chi connectivity index (χ3n) is 4.78. The Balaban J connectivity index is 2.02. The van der Waals surface area contributed by atoms with Gasteiger partial charge in [0.15, 0.2) is 23.0 Å². The number of aromatic nitrogens is 1. The van der Waals surface area contributed by atoms with Crippen LogP contribution in [0.15, 0.2) is 41.7 Å². The van der Waals surface area contributed by atoms with Gasteiger partial charge in [0.05, 0.1) is 25.3 Å². The van der Waals surface area contributed by atoms with Crippen molar-refractivity contribution in [3.63, 3.8) is 0 Å². The van der Waals surface area contributed by atoms with E-state index in [-0.39, 0.29) is 12.4 Å². The summed E-state index contributed by atoms with van der Waals surface area (Å²) in [4.78, 5) is 13.0. The Morgan fingerprint density at radius 3 is 2.37 bits per heavy atom. The first-order valence-corrected chi connectivity index (χ1v) is 8.39. The van der Waals surface area contributed by atoms with Gasteiger partial charge in [-0.1, -0.05) is 12.7 Å². The highest BCUT2D eigenvalue weighted by molar-refractivity contribution is 5.90. The minimum Gasteiger partial charge on any atom is -0.493 e. The lowest BCUT2D eigenvalue weighted by Crippen LogP contribution is -2.19. The molecule has 0 atom stereocenters. The molecule has 27 heavy (non-hydrogen) atoms. The van der Waals surface area contributed by atoms with Crippen LogP contribution < -0.4 is 24.5 Å². The zero-order chi connectivity index (χ0) is 19.1.